The monoisotopic (exact) mass is 369 g/mol. The number of carbonyl (C=O) groups excluding carboxylic acids is 1. The van der Waals surface area contributed by atoms with E-state index in [1.165, 1.54) is 0 Å². The average Bonchev–Trinajstić information content (AvgIpc) is 2.28. The molecule has 0 aliphatic carbocycles. The molecule has 1 rings (SSSR count). The van der Waals surface area contributed by atoms with Crippen LogP contribution in [-0.4, -0.2) is 35.7 Å². The van der Waals surface area contributed by atoms with Crippen molar-refractivity contribution < 1.29 is 13.6 Å². The summed E-state index contributed by atoms with van der Waals surface area (Å²) in [6.45, 7) is -0.278. The Balaban J connectivity index is 2.79. The molecule has 0 fully saturated rings. The predicted octanol–water partition coefficient (Wildman–Crippen LogP) is 3.55. The van der Waals surface area contributed by atoms with Crippen LogP contribution in [0.3, 0.4) is 0 Å². The molecule has 2 nitrogen and oxygen atoms in total. The van der Waals surface area contributed by atoms with Crippen LogP contribution in [-0.2, 0) is 0 Å². The molecule has 1 aromatic carbocycles. The molecule has 0 radical (unpaired) electrons. The SMILES string of the molecule is O=C(c1ccc(Br)cc1)N(CCBr)CC(F)F. The van der Waals surface area contributed by atoms with Gasteiger partial charge in [-0.1, -0.05) is 31.9 Å². The summed E-state index contributed by atoms with van der Waals surface area (Å²) in [4.78, 5) is 13.1. The van der Waals surface area contributed by atoms with Gasteiger partial charge in [0.05, 0.1) is 6.54 Å². The Kier molecular flexibility index (Phi) is 6.05. The third kappa shape index (κ3) is 4.71. The smallest absolute Gasteiger partial charge is 0.255 e. The van der Waals surface area contributed by atoms with Crippen LogP contribution in [0.25, 0.3) is 0 Å². The van der Waals surface area contributed by atoms with Gasteiger partial charge in [0, 0.05) is 21.9 Å². The zero-order chi connectivity index (χ0) is 12.8. The number of benzene rings is 1. The number of amides is 1. The highest BCUT2D eigenvalue weighted by molar-refractivity contribution is 9.10. The topological polar surface area (TPSA) is 20.3 Å². The number of hydrogen-bond acceptors (Lipinski definition) is 1. The number of carbonyl (C=O) groups is 1. The van der Waals surface area contributed by atoms with Crippen molar-refractivity contribution in [2.24, 2.45) is 0 Å². The van der Waals surface area contributed by atoms with Crippen LogP contribution in [0.5, 0.6) is 0 Å². The van der Waals surface area contributed by atoms with Crippen LogP contribution in [0.15, 0.2) is 28.7 Å². The van der Waals surface area contributed by atoms with Crippen LogP contribution in [0.4, 0.5) is 8.78 Å². The van der Waals surface area contributed by atoms with E-state index in [2.05, 4.69) is 31.9 Å². The van der Waals surface area contributed by atoms with Crippen LogP contribution in [0.2, 0.25) is 0 Å². The van der Waals surface area contributed by atoms with Crippen molar-refractivity contribution in [2.75, 3.05) is 18.4 Å². The molecule has 0 saturated carbocycles. The molecule has 0 aliphatic rings. The number of alkyl halides is 3. The van der Waals surface area contributed by atoms with Crippen LogP contribution in [0, 0.1) is 0 Å². The van der Waals surface area contributed by atoms with Crippen molar-refractivity contribution in [2.45, 2.75) is 6.43 Å². The summed E-state index contributed by atoms with van der Waals surface area (Å²) in [6.07, 6.45) is -2.52. The minimum atomic E-state index is -2.52. The van der Waals surface area contributed by atoms with Gasteiger partial charge < -0.3 is 4.90 Å². The van der Waals surface area contributed by atoms with Gasteiger partial charge in [-0.25, -0.2) is 8.78 Å². The molecule has 0 N–H and O–H groups in total. The fourth-order valence-corrected chi connectivity index (χ4v) is 2.01. The summed E-state index contributed by atoms with van der Waals surface area (Å²) in [7, 11) is 0. The molecule has 0 bridgehead atoms. The maximum absolute atomic E-state index is 12.3. The minimum absolute atomic E-state index is 0.263. The Morgan fingerprint density at radius 1 is 1.29 bits per heavy atom. The lowest BCUT2D eigenvalue weighted by Gasteiger charge is -2.21. The standard InChI is InChI=1S/C11H11Br2F2NO/c12-5-6-16(7-10(14)15)11(17)8-1-3-9(13)4-2-8/h1-4,10H,5-7H2. The predicted molar refractivity (Wildman–Crippen MR) is 69.8 cm³/mol. The number of halogens is 4. The molecule has 0 unspecified atom stereocenters. The van der Waals surface area contributed by atoms with Crippen LogP contribution < -0.4 is 0 Å². The van der Waals surface area contributed by atoms with E-state index in [9.17, 15) is 13.6 Å². The van der Waals surface area contributed by atoms with Gasteiger partial charge in [0.2, 0.25) is 0 Å². The highest BCUT2D eigenvalue weighted by atomic mass is 79.9. The molecule has 0 heterocycles. The fourth-order valence-electron chi connectivity index (χ4n) is 1.32. The summed E-state index contributed by atoms with van der Waals surface area (Å²) in [5, 5.41) is 0.474. The summed E-state index contributed by atoms with van der Waals surface area (Å²) in [5.74, 6) is -0.378. The van der Waals surface area contributed by atoms with Crippen molar-refractivity contribution in [3.63, 3.8) is 0 Å². The third-order valence-corrected chi connectivity index (χ3v) is 2.97. The Morgan fingerprint density at radius 2 is 1.88 bits per heavy atom. The van der Waals surface area contributed by atoms with Gasteiger partial charge in [0.1, 0.15) is 0 Å². The molecule has 0 spiro atoms. The summed E-state index contributed by atoms with van der Waals surface area (Å²) in [5.41, 5.74) is 0.412. The molecule has 0 aliphatic heterocycles. The summed E-state index contributed by atoms with van der Waals surface area (Å²) < 4.78 is 25.5. The van der Waals surface area contributed by atoms with Crippen molar-refractivity contribution in [1.82, 2.24) is 4.90 Å². The Hall–Kier alpha value is -0.490. The molecule has 17 heavy (non-hydrogen) atoms. The van der Waals surface area contributed by atoms with E-state index in [0.717, 1.165) is 9.37 Å². The van der Waals surface area contributed by atoms with E-state index in [0.29, 0.717) is 10.9 Å². The highest BCUT2D eigenvalue weighted by Gasteiger charge is 2.18. The summed E-state index contributed by atoms with van der Waals surface area (Å²) in [6, 6.07) is 6.64. The highest BCUT2D eigenvalue weighted by Crippen LogP contribution is 2.13. The van der Waals surface area contributed by atoms with Crippen LogP contribution >= 0.6 is 31.9 Å². The lowest BCUT2D eigenvalue weighted by Crippen LogP contribution is -2.36. The first-order valence-electron chi connectivity index (χ1n) is 4.93. The molecule has 0 aromatic heterocycles. The summed E-state index contributed by atoms with van der Waals surface area (Å²) >= 11 is 6.40. The lowest BCUT2D eigenvalue weighted by molar-refractivity contribution is 0.0572. The van der Waals surface area contributed by atoms with Gasteiger partial charge in [0.15, 0.2) is 0 Å². The number of nitrogens with zero attached hydrogens (tertiary/aromatic N) is 1. The first kappa shape index (κ1) is 14.6. The number of rotatable bonds is 5. The Bertz CT molecular complexity index is 370. The van der Waals surface area contributed by atoms with Gasteiger partial charge in [-0.05, 0) is 24.3 Å². The first-order chi connectivity index (χ1) is 8.04. The van der Waals surface area contributed by atoms with E-state index in [1.807, 2.05) is 0 Å². The Morgan fingerprint density at radius 3 is 2.35 bits per heavy atom. The van der Waals surface area contributed by atoms with E-state index >= 15 is 0 Å². The Labute approximate surface area is 115 Å². The lowest BCUT2D eigenvalue weighted by atomic mass is 10.2. The number of hydrogen-bond donors (Lipinski definition) is 0. The van der Waals surface area contributed by atoms with E-state index in [-0.39, 0.29) is 12.5 Å². The normalized spacial score (nSPS) is 10.6. The maximum atomic E-state index is 12.3. The average molecular weight is 371 g/mol. The second-order valence-electron chi connectivity index (χ2n) is 3.34. The van der Waals surface area contributed by atoms with Gasteiger partial charge in [0.25, 0.3) is 12.3 Å². The molecule has 1 aromatic rings. The van der Waals surface area contributed by atoms with E-state index in [4.69, 9.17) is 0 Å². The molecule has 6 heteroatoms. The van der Waals surface area contributed by atoms with E-state index < -0.39 is 13.0 Å². The van der Waals surface area contributed by atoms with E-state index in [1.54, 1.807) is 24.3 Å². The quantitative estimate of drug-likeness (QED) is 0.726. The first-order valence-corrected chi connectivity index (χ1v) is 6.85. The molecular weight excluding hydrogens is 360 g/mol. The zero-order valence-electron chi connectivity index (χ0n) is 8.88. The van der Waals surface area contributed by atoms with Crippen LogP contribution in [0.1, 0.15) is 10.4 Å². The molecule has 94 valence electrons. The maximum Gasteiger partial charge on any atom is 0.255 e. The molecular formula is C11H11Br2F2NO. The van der Waals surface area contributed by atoms with Crippen molar-refractivity contribution in [3.05, 3.63) is 34.3 Å². The van der Waals surface area contributed by atoms with Gasteiger partial charge in [-0.3, -0.25) is 4.79 Å². The van der Waals surface area contributed by atoms with Crippen molar-refractivity contribution >= 4 is 37.8 Å². The largest absolute Gasteiger partial charge is 0.332 e. The molecule has 1 amide bonds. The van der Waals surface area contributed by atoms with Crippen molar-refractivity contribution in [3.8, 4) is 0 Å². The van der Waals surface area contributed by atoms with Gasteiger partial charge in [-0.2, -0.15) is 0 Å². The fraction of sp³-hybridized carbons (Fsp3) is 0.364. The second kappa shape index (κ2) is 7.06. The van der Waals surface area contributed by atoms with Gasteiger partial charge >= 0.3 is 0 Å². The minimum Gasteiger partial charge on any atom is -0.332 e. The third-order valence-electron chi connectivity index (χ3n) is 2.09. The molecule has 0 atom stereocenters. The van der Waals surface area contributed by atoms with Crippen molar-refractivity contribution in [1.29, 1.82) is 0 Å². The van der Waals surface area contributed by atoms with Gasteiger partial charge in [-0.15, -0.1) is 0 Å². The second-order valence-corrected chi connectivity index (χ2v) is 5.05. The zero-order valence-corrected chi connectivity index (χ0v) is 12.0. The molecule has 0 saturated heterocycles.